The van der Waals surface area contributed by atoms with E-state index in [1.54, 1.807) is 19.0 Å². The average Bonchev–Trinajstić information content (AvgIpc) is 3.49. The van der Waals surface area contributed by atoms with Crippen molar-refractivity contribution in [1.29, 1.82) is 0 Å². The quantitative estimate of drug-likeness (QED) is 0.659. The predicted molar refractivity (Wildman–Crippen MR) is 120 cm³/mol. The summed E-state index contributed by atoms with van der Waals surface area (Å²) in [7, 11) is 6.09. The van der Waals surface area contributed by atoms with E-state index in [1.807, 2.05) is 38.1 Å². The highest BCUT2D eigenvalue weighted by molar-refractivity contribution is 5.92. The zero-order chi connectivity index (χ0) is 23.6. The van der Waals surface area contributed by atoms with Crippen LogP contribution in [-0.2, 0) is 16.6 Å². The number of amides is 2. The number of rotatable bonds is 7. The van der Waals surface area contributed by atoms with Gasteiger partial charge in [0, 0.05) is 26.6 Å². The Morgan fingerprint density at radius 2 is 1.94 bits per heavy atom. The van der Waals surface area contributed by atoms with Crippen LogP contribution in [0.5, 0.6) is 5.75 Å². The van der Waals surface area contributed by atoms with E-state index in [0.29, 0.717) is 35.8 Å². The highest BCUT2D eigenvalue weighted by Crippen LogP contribution is 2.52. The second-order valence-corrected chi connectivity index (χ2v) is 8.56. The predicted octanol–water partition coefficient (Wildman–Crippen LogP) is 2.15. The maximum atomic E-state index is 12.7. The average molecular weight is 443 g/mol. The van der Waals surface area contributed by atoms with E-state index >= 15 is 0 Å². The molecule has 1 fully saturated rings. The minimum Gasteiger partial charge on any atom is -0.494 e. The van der Waals surface area contributed by atoms with Crippen molar-refractivity contribution in [2.45, 2.75) is 31.7 Å². The molecule has 0 bridgehead atoms. The molecule has 0 radical (unpaired) electrons. The first-order valence-corrected chi connectivity index (χ1v) is 10.5. The monoisotopic (exact) mass is 442 g/mol. The van der Waals surface area contributed by atoms with Gasteiger partial charge in [-0.3, -0.25) is 4.79 Å². The van der Waals surface area contributed by atoms with Gasteiger partial charge >= 0.3 is 12.0 Å². The molecule has 1 aliphatic carbocycles. The summed E-state index contributed by atoms with van der Waals surface area (Å²) >= 11 is 0. The van der Waals surface area contributed by atoms with Gasteiger partial charge < -0.3 is 19.7 Å². The second kappa shape index (κ2) is 9.02. The molecule has 2 unspecified atom stereocenters. The molecule has 1 aliphatic rings. The van der Waals surface area contributed by atoms with Gasteiger partial charge in [0.1, 0.15) is 5.54 Å². The number of carbonyl (C=O) groups excluding carboxylic acids is 2. The summed E-state index contributed by atoms with van der Waals surface area (Å²) in [6, 6.07) is 7.01. The van der Waals surface area contributed by atoms with Gasteiger partial charge in [0.2, 0.25) is 0 Å². The fourth-order valence-corrected chi connectivity index (χ4v) is 4.01. The minimum atomic E-state index is -1.09. The van der Waals surface area contributed by atoms with Crippen molar-refractivity contribution in [2.24, 2.45) is 13.0 Å². The lowest BCUT2D eigenvalue weighted by Crippen LogP contribution is -2.50. The summed E-state index contributed by atoms with van der Waals surface area (Å²) in [5.74, 6) is 0.00185. The van der Waals surface area contributed by atoms with E-state index < -0.39 is 11.5 Å². The SMILES string of the molecule is COC(=O)C1(NC(=O)N(C)CC(C)C)CC1c1ccc(-c2c(OC)cnn(C)c2=O)cc1. The van der Waals surface area contributed by atoms with Crippen LogP contribution in [0.2, 0.25) is 0 Å². The molecule has 32 heavy (non-hydrogen) atoms. The van der Waals surface area contributed by atoms with Crippen LogP contribution in [0, 0.1) is 5.92 Å². The van der Waals surface area contributed by atoms with Crippen molar-refractivity contribution in [1.82, 2.24) is 20.0 Å². The fourth-order valence-electron chi connectivity index (χ4n) is 4.01. The number of hydrogen-bond acceptors (Lipinski definition) is 6. The first kappa shape index (κ1) is 23.3. The number of esters is 1. The number of aryl methyl sites for hydroxylation is 1. The molecule has 1 saturated carbocycles. The van der Waals surface area contributed by atoms with Crippen LogP contribution in [0.4, 0.5) is 4.79 Å². The Balaban J connectivity index is 1.86. The molecule has 0 aliphatic heterocycles. The first-order chi connectivity index (χ1) is 15.1. The third kappa shape index (κ3) is 4.32. The van der Waals surface area contributed by atoms with Crippen LogP contribution >= 0.6 is 0 Å². The van der Waals surface area contributed by atoms with Crippen molar-refractivity contribution >= 4 is 12.0 Å². The van der Waals surface area contributed by atoms with Gasteiger partial charge in [-0.25, -0.2) is 14.3 Å². The van der Waals surface area contributed by atoms with Crippen LogP contribution in [0.25, 0.3) is 11.1 Å². The van der Waals surface area contributed by atoms with Gasteiger partial charge in [0.15, 0.2) is 5.75 Å². The van der Waals surface area contributed by atoms with Crippen molar-refractivity contribution in [2.75, 3.05) is 27.8 Å². The zero-order valence-corrected chi connectivity index (χ0v) is 19.3. The number of nitrogens with one attached hydrogen (secondary N) is 1. The van der Waals surface area contributed by atoms with E-state index in [4.69, 9.17) is 9.47 Å². The lowest BCUT2D eigenvalue weighted by Gasteiger charge is -2.24. The van der Waals surface area contributed by atoms with E-state index in [0.717, 1.165) is 5.56 Å². The Morgan fingerprint density at radius 1 is 1.28 bits per heavy atom. The van der Waals surface area contributed by atoms with Crippen molar-refractivity contribution in [3.8, 4) is 16.9 Å². The maximum absolute atomic E-state index is 12.7. The van der Waals surface area contributed by atoms with Crippen LogP contribution in [0.15, 0.2) is 35.3 Å². The summed E-state index contributed by atoms with van der Waals surface area (Å²) in [6.45, 7) is 4.62. The largest absolute Gasteiger partial charge is 0.494 e. The van der Waals surface area contributed by atoms with E-state index in [1.165, 1.54) is 25.1 Å². The Morgan fingerprint density at radius 3 is 2.50 bits per heavy atom. The third-order valence-corrected chi connectivity index (χ3v) is 5.75. The summed E-state index contributed by atoms with van der Waals surface area (Å²) in [4.78, 5) is 39.4. The lowest BCUT2D eigenvalue weighted by molar-refractivity contribution is -0.144. The van der Waals surface area contributed by atoms with Gasteiger partial charge in [-0.2, -0.15) is 5.10 Å². The van der Waals surface area contributed by atoms with Gasteiger partial charge in [0.25, 0.3) is 5.56 Å². The van der Waals surface area contributed by atoms with Crippen LogP contribution in [-0.4, -0.2) is 60.0 Å². The molecule has 1 heterocycles. The van der Waals surface area contributed by atoms with Gasteiger partial charge in [-0.15, -0.1) is 0 Å². The third-order valence-electron chi connectivity index (χ3n) is 5.75. The molecule has 1 aromatic carbocycles. The molecule has 3 rings (SSSR count). The summed E-state index contributed by atoms with van der Waals surface area (Å²) in [5, 5.41) is 6.87. The topological polar surface area (TPSA) is 103 Å². The van der Waals surface area contributed by atoms with Gasteiger partial charge in [-0.1, -0.05) is 38.1 Å². The lowest BCUT2D eigenvalue weighted by atomic mass is 10.0. The van der Waals surface area contributed by atoms with Gasteiger partial charge in [-0.05, 0) is 23.5 Å². The number of benzene rings is 1. The van der Waals surface area contributed by atoms with Crippen molar-refractivity contribution in [3.63, 3.8) is 0 Å². The van der Waals surface area contributed by atoms with Gasteiger partial charge in [0.05, 0.1) is 26.0 Å². The molecule has 2 amide bonds. The van der Waals surface area contributed by atoms with E-state index in [9.17, 15) is 14.4 Å². The maximum Gasteiger partial charge on any atom is 0.332 e. The van der Waals surface area contributed by atoms with Crippen LogP contribution in [0.1, 0.15) is 31.7 Å². The van der Waals surface area contributed by atoms with E-state index in [-0.39, 0.29) is 17.5 Å². The molecule has 2 atom stereocenters. The molecular formula is C23H30N4O5. The summed E-state index contributed by atoms with van der Waals surface area (Å²) < 4.78 is 11.6. The Hall–Kier alpha value is -3.36. The van der Waals surface area contributed by atoms with Crippen LogP contribution in [0.3, 0.4) is 0 Å². The standard InChI is InChI=1S/C23H30N4O5/c1-14(2)13-26(3)22(30)25-23(21(29)32-6)11-17(23)15-7-9-16(10-8-15)19-18(31-5)12-24-27(4)20(19)28/h7-10,12,14,17H,11,13H2,1-6H3,(H,25,30). The fraction of sp³-hybridized carbons (Fsp3) is 0.478. The zero-order valence-electron chi connectivity index (χ0n) is 19.3. The number of urea groups is 1. The summed E-state index contributed by atoms with van der Waals surface area (Å²) in [5.41, 5.74) is 0.598. The number of ether oxygens (including phenoxy) is 2. The molecule has 172 valence electrons. The molecule has 1 N–H and O–H groups in total. The smallest absolute Gasteiger partial charge is 0.332 e. The van der Waals surface area contributed by atoms with E-state index in [2.05, 4.69) is 10.4 Å². The second-order valence-electron chi connectivity index (χ2n) is 8.56. The number of hydrogen-bond donors (Lipinski definition) is 1. The molecular weight excluding hydrogens is 412 g/mol. The highest BCUT2D eigenvalue weighted by Gasteiger charge is 2.63. The Labute approximate surface area is 187 Å². The van der Waals surface area contributed by atoms with Crippen molar-refractivity contribution in [3.05, 3.63) is 46.4 Å². The Kier molecular flexibility index (Phi) is 6.57. The molecule has 9 heteroatoms. The summed E-state index contributed by atoms with van der Waals surface area (Å²) in [6.07, 6.45) is 1.94. The van der Waals surface area contributed by atoms with Crippen LogP contribution < -0.4 is 15.6 Å². The molecule has 0 saturated heterocycles. The number of nitrogens with zero attached hydrogens (tertiary/aromatic N) is 3. The Bertz CT molecular complexity index is 1060. The number of carbonyl (C=O) groups is 2. The first-order valence-electron chi connectivity index (χ1n) is 10.5. The molecule has 0 spiro atoms. The van der Waals surface area contributed by atoms with Crippen molar-refractivity contribution < 1.29 is 19.1 Å². The number of aromatic nitrogens is 2. The highest BCUT2D eigenvalue weighted by atomic mass is 16.5. The molecule has 2 aromatic rings. The minimum absolute atomic E-state index is 0.220. The normalized spacial score (nSPS) is 19.4. The number of methoxy groups -OCH3 is 2. The molecule has 1 aromatic heterocycles. The molecule has 9 nitrogen and oxygen atoms in total.